The fraction of sp³-hybridized carbons (Fsp3) is 0.182. The van der Waals surface area contributed by atoms with Crippen molar-refractivity contribution < 1.29 is 4.79 Å². The lowest BCUT2D eigenvalue weighted by molar-refractivity contribution is 0.0747. The van der Waals surface area contributed by atoms with Crippen molar-refractivity contribution in [1.82, 2.24) is 14.5 Å². The van der Waals surface area contributed by atoms with E-state index in [1.165, 1.54) is 0 Å². The Morgan fingerprint density at radius 2 is 1.69 bits per heavy atom. The van der Waals surface area contributed by atoms with E-state index >= 15 is 0 Å². The molecule has 146 valence electrons. The third-order valence-electron chi connectivity index (χ3n) is 5.19. The van der Waals surface area contributed by atoms with Crippen LogP contribution in [-0.4, -0.2) is 46.5 Å². The molecule has 1 fully saturated rings. The second kappa shape index (κ2) is 7.54. The van der Waals surface area contributed by atoms with Crippen molar-refractivity contribution in [3.8, 4) is 5.69 Å². The van der Waals surface area contributed by atoms with Crippen molar-refractivity contribution in [3.63, 3.8) is 0 Å². The molecule has 0 atom stereocenters. The summed E-state index contributed by atoms with van der Waals surface area (Å²) < 4.78 is 3.12. The smallest absolute Gasteiger partial charge is 0.253 e. The summed E-state index contributed by atoms with van der Waals surface area (Å²) in [7, 11) is 0. The van der Waals surface area contributed by atoms with Gasteiger partial charge >= 0.3 is 0 Å². The molecule has 0 radical (unpaired) electrons. The maximum absolute atomic E-state index is 12.9. The van der Waals surface area contributed by atoms with Crippen LogP contribution < -0.4 is 4.90 Å². The quantitative estimate of drug-likeness (QED) is 0.480. The van der Waals surface area contributed by atoms with E-state index in [9.17, 15) is 4.79 Å². The first kappa shape index (κ1) is 18.2. The van der Waals surface area contributed by atoms with Gasteiger partial charge in [-0.25, -0.2) is 4.98 Å². The number of halogens is 1. The number of amides is 1. The molecule has 4 aromatic rings. The lowest BCUT2D eigenvalue weighted by atomic mass is 10.1. The van der Waals surface area contributed by atoms with Crippen LogP contribution in [0.2, 0.25) is 5.02 Å². The Hall–Kier alpha value is -2.83. The van der Waals surface area contributed by atoms with Crippen molar-refractivity contribution >= 4 is 44.2 Å². The summed E-state index contributed by atoms with van der Waals surface area (Å²) in [5.74, 6) is 0.0831. The van der Waals surface area contributed by atoms with Gasteiger partial charge in [0.25, 0.3) is 5.91 Å². The van der Waals surface area contributed by atoms with E-state index in [4.69, 9.17) is 16.6 Å². The number of hydrogen-bond acceptors (Lipinski definition) is 4. The highest BCUT2D eigenvalue weighted by Gasteiger charge is 2.24. The second-order valence-electron chi connectivity index (χ2n) is 7.02. The Morgan fingerprint density at radius 3 is 2.41 bits per heavy atom. The summed E-state index contributed by atoms with van der Waals surface area (Å²) in [6.45, 7) is 2.94. The number of thiazole rings is 1. The van der Waals surface area contributed by atoms with Gasteiger partial charge in [-0.1, -0.05) is 22.9 Å². The summed E-state index contributed by atoms with van der Waals surface area (Å²) >= 11 is 7.73. The van der Waals surface area contributed by atoms with Gasteiger partial charge in [0.2, 0.25) is 0 Å². The van der Waals surface area contributed by atoms with Crippen molar-refractivity contribution in [3.05, 3.63) is 77.6 Å². The lowest BCUT2D eigenvalue weighted by Gasteiger charge is -2.34. The van der Waals surface area contributed by atoms with Gasteiger partial charge in [0.1, 0.15) is 0 Å². The molecule has 2 aromatic heterocycles. The molecule has 29 heavy (non-hydrogen) atoms. The average molecular weight is 423 g/mol. The first-order valence-corrected chi connectivity index (χ1v) is 10.7. The molecule has 1 amide bonds. The normalized spacial score (nSPS) is 14.5. The van der Waals surface area contributed by atoms with E-state index in [1.807, 2.05) is 76.5 Å². The van der Waals surface area contributed by atoms with Crippen LogP contribution in [0.25, 0.3) is 15.9 Å². The third-order valence-corrected chi connectivity index (χ3v) is 6.51. The summed E-state index contributed by atoms with van der Waals surface area (Å²) in [5.41, 5.74) is 2.74. The first-order valence-electron chi connectivity index (χ1n) is 9.51. The molecule has 0 aliphatic carbocycles. The minimum atomic E-state index is 0.0831. The zero-order valence-electron chi connectivity index (χ0n) is 15.7. The minimum absolute atomic E-state index is 0.0831. The molecule has 0 spiro atoms. The molecule has 5 nitrogen and oxygen atoms in total. The predicted octanol–water partition coefficient (Wildman–Crippen LogP) is 4.70. The summed E-state index contributed by atoms with van der Waals surface area (Å²) in [6.07, 6.45) is 3.98. The molecule has 7 heteroatoms. The van der Waals surface area contributed by atoms with Crippen LogP contribution in [0.4, 0.5) is 5.13 Å². The zero-order valence-corrected chi connectivity index (χ0v) is 17.2. The third kappa shape index (κ3) is 3.61. The Balaban J connectivity index is 1.25. The highest BCUT2D eigenvalue weighted by Crippen LogP contribution is 2.31. The van der Waals surface area contributed by atoms with Gasteiger partial charge in [0, 0.05) is 54.8 Å². The molecule has 0 bridgehead atoms. The van der Waals surface area contributed by atoms with Gasteiger partial charge < -0.3 is 14.4 Å². The Morgan fingerprint density at radius 1 is 0.966 bits per heavy atom. The number of fused-ring (bicyclic) bond motifs is 1. The van der Waals surface area contributed by atoms with Gasteiger partial charge in [0.05, 0.1) is 10.2 Å². The van der Waals surface area contributed by atoms with E-state index in [-0.39, 0.29) is 5.91 Å². The Bertz CT molecular complexity index is 1150. The highest BCUT2D eigenvalue weighted by molar-refractivity contribution is 7.22. The van der Waals surface area contributed by atoms with Crippen LogP contribution >= 0.6 is 22.9 Å². The summed E-state index contributed by atoms with van der Waals surface area (Å²) in [5, 5.41) is 1.72. The number of rotatable bonds is 3. The molecule has 2 aromatic carbocycles. The fourth-order valence-electron chi connectivity index (χ4n) is 3.59. The number of nitrogens with zero attached hydrogens (tertiary/aromatic N) is 4. The lowest BCUT2D eigenvalue weighted by Crippen LogP contribution is -2.48. The molecule has 1 aliphatic heterocycles. The molecule has 0 saturated carbocycles. The number of benzene rings is 2. The second-order valence-corrected chi connectivity index (χ2v) is 8.47. The Kier molecular flexibility index (Phi) is 4.73. The molecule has 1 aliphatic rings. The van der Waals surface area contributed by atoms with Gasteiger partial charge in [-0.3, -0.25) is 4.79 Å². The SMILES string of the molecule is O=C(c1ccc(-n2cccc2)cc1)N1CCN(c2nc3ccc(Cl)cc3s2)CC1. The van der Waals surface area contributed by atoms with Crippen LogP contribution in [0.5, 0.6) is 0 Å². The number of hydrogen-bond donors (Lipinski definition) is 0. The summed E-state index contributed by atoms with van der Waals surface area (Å²) in [6, 6.07) is 17.5. The Labute approximate surface area is 177 Å². The standard InChI is InChI=1S/C22H19ClN4OS/c23-17-5-8-19-20(15-17)29-22(24-19)27-13-11-26(12-14-27)21(28)16-3-6-18(7-4-16)25-9-1-2-10-25/h1-10,15H,11-14H2. The summed E-state index contributed by atoms with van der Waals surface area (Å²) in [4.78, 5) is 21.8. The van der Waals surface area contributed by atoms with Gasteiger partial charge in [-0.15, -0.1) is 0 Å². The first-order chi connectivity index (χ1) is 14.2. The van der Waals surface area contributed by atoms with E-state index in [1.54, 1.807) is 11.3 Å². The predicted molar refractivity (Wildman–Crippen MR) is 119 cm³/mol. The van der Waals surface area contributed by atoms with Crippen molar-refractivity contribution in [1.29, 1.82) is 0 Å². The number of carbonyl (C=O) groups is 1. The van der Waals surface area contributed by atoms with Gasteiger partial charge in [-0.2, -0.15) is 0 Å². The van der Waals surface area contributed by atoms with Gasteiger partial charge in [-0.05, 0) is 54.6 Å². The van der Waals surface area contributed by atoms with Gasteiger partial charge in [0.15, 0.2) is 5.13 Å². The van der Waals surface area contributed by atoms with E-state index in [0.717, 1.165) is 44.7 Å². The average Bonchev–Trinajstić information content (AvgIpc) is 3.43. The minimum Gasteiger partial charge on any atom is -0.345 e. The monoisotopic (exact) mass is 422 g/mol. The van der Waals surface area contributed by atoms with Crippen LogP contribution in [0.15, 0.2) is 67.0 Å². The zero-order chi connectivity index (χ0) is 19.8. The molecule has 1 saturated heterocycles. The topological polar surface area (TPSA) is 41.4 Å². The number of carbonyl (C=O) groups excluding carboxylic acids is 1. The van der Waals surface area contributed by atoms with Crippen LogP contribution in [0.1, 0.15) is 10.4 Å². The van der Waals surface area contributed by atoms with Crippen LogP contribution in [0, 0.1) is 0 Å². The number of aromatic nitrogens is 2. The number of piperazine rings is 1. The molecule has 3 heterocycles. The highest BCUT2D eigenvalue weighted by atomic mass is 35.5. The molecule has 0 unspecified atom stereocenters. The van der Waals surface area contributed by atoms with Crippen LogP contribution in [-0.2, 0) is 0 Å². The van der Waals surface area contributed by atoms with Crippen molar-refractivity contribution in [2.75, 3.05) is 31.1 Å². The van der Waals surface area contributed by atoms with E-state index in [0.29, 0.717) is 13.1 Å². The van der Waals surface area contributed by atoms with Crippen molar-refractivity contribution in [2.24, 2.45) is 0 Å². The molecular formula is C22H19ClN4OS. The maximum atomic E-state index is 12.9. The fourth-order valence-corrected chi connectivity index (χ4v) is 4.88. The van der Waals surface area contributed by atoms with Crippen LogP contribution in [0.3, 0.4) is 0 Å². The molecule has 0 N–H and O–H groups in total. The molecule has 5 rings (SSSR count). The molecular weight excluding hydrogens is 404 g/mol. The number of anilines is 1. The maximum Gasteiger partial charge on any atom is 0.253 e. The van der Waals surface area contributed by atoms with E-state index < -0.39 is 0 Å². The van der Waals surface area contributed by atoms with Crippen molar-refractivity contribution in [2.45, 2.75) is 0 Å². The van der Waals surface area contributed by atoms with E-state index in [2.05, 4.69) is 4.90 Å². The largest absolute Gasteiger partial charge is 0.345 e.